The van der Waals surface area contributed by atoms with Crippen molar-refractivity contribution in [2.75, 3.05) is 6.61 Å². The van der Waals surface area contributed by atoms with Crippen molar-refractivity contribution < 1.29 is 17.3 Å². The van der Waals surface area contributed by atoms with E-state index in [2.05, 4.69) is 20.9 Å². The smallest absolute Gasteiger partial charge is 0.296 e. The lowest BCUT2D eigenvalue weighted by atomic mass is 9.83. The van der Waals surface area contributed by atoms with Gasteiger partial charge in [0.25, 0.3) is 10.1 Å². The van der Waals surface area contributed by atoms with E-state index in [4.69, 9.17) is 8.92 Å². The molecule has 138 valence electrons. The number of nitrogens with zero attached hydrogens (tertiary/aromatic N) is 1. The maximum absolute atomic E-state index is 12.4. The van der Waals surface area contributed by atoms with E-state index < -0.39 is 15.7 Å². The molecule has 1 aliphatic heterocycles. The molecule has 5 nitrogen and oxygen atoms in total. The second-order valence-corrected chi connectivity index (χ2v) is 8.73. The lowest BCUT2D eigenvalue weighted by Gasteiger charge is -2.30. The number of ether oxygens (including phenoxy) is 1. The molecule has 7 heteroatoms. The Morgan fingerprint density at radius 1 is 1.19 bits per heavy atom. The maximum Gasteiger partial charge on any atom is 0.296 e. The molecule has 0 spiro atoms. The fourth-order valence-corrected chi connectivity index (χ4v) is 4.55. The van der Waals surface area contributed by atoms with Crippen molar-refractivity contribution in [1.29, 1.82) is 0 Å². The third-order valence-electron chi connectivity index (χ3n) is 4.59. The minimum atomic E-state index is -3.81. The van der Waals surface area contributed by atoms with Crippen LogP contribution in [0.2, 0.25) is 0 Å². The van der Waals surface area contributed by atoms with Crippen LogP contribution < -0.4 is 0 Å². The van der Waals surface area contributed by atoms with Crippen molar-refractivity contribution in [2.24, 2.45) is 4.99 Å². The van der Waals surface area contributed by atoms with E-state index in [-0.39, 0.29) is 17.6 Å². The van der Waals surface area contributed by atoms with Crippen molar-refractivity contribution in [2.45, 2.75) is 36.8 Å². The molecule has 2 atom stereocenters. The van der Waals surface area contributed by atoms with Crippen molar-refractivity contribution in [1.82, 2.24) is 0 Å². The summed E-state index contributed by atoms with van der Waals surface area (Å²) in [6.45, 7) is 3.82. The van der Waals surface area contributed by atoms with Crippen LogP contribution in [0.15, 0.2) is 62.9 Å². The Hall–Kier alpha value is -1.70. The van der Waals surface area contributed by atoms with Crippen LogP contribution in [0, 0.1) is 6.92 Å². The molecule has 3 rings (SSSR count). The van der Waals surface area contributed by atoms with Gasteiger partial charge in [-0.15, -0.1) is 0 Å². The highest BCUT2D eigenvalue weighted by molar-refractivity contribution is 9.10. The van der Waals surface area contributed by atoms with E-state index in [0.717, 1.165) is 15.6 Å². The van der Waals surface area contributed by atoms with Gasteiger partial charge in [-0.05, 0) is 37.6 Å². The molecule has 26 heavy (non-hydrogen) atoms. The Balaban J connectivity index is 1.79. The fraction of sp³-hybridized carbons (Fsp3) is 0.316. The summed E-state index contributed by atoms with van der Waals surface area (Å²) in [4.78, 5) is 4.68. The molecule has 0 aliphatic carbocycles. The first-order valence-electron chi connectivity index (χ1n) is 8.25. The van der Waals surface area contributed by atoms with Gasteiger partial charge >= 0.3 is 0 Å². The highest BCUT2D eigenvalue weighted by Gasteiger charge is 2.43. The molecule has 1 heterocycles. The Labute approximate surface area is 162 Å². The van der Waals surface area contributed by atoms with Gasteiger partial charge in [-0.2, -0.15) is 8.42 Å². The lowest BCUT2D eigenvalue weighted by Crippen LogP contribution is -2.35. The number of hydrogen-bond donors (Lipinski definition) is 0. The molecule has 0 saturated carbocycles. The molecular formula is C19H20BrNO4S. The lowest BCUT2D eigenvalue weighted by molar-refractivity contribution is 0.134. The quantitative estimate of drug-likeness (QED) is 0.635. The second kappa shape index (κ2) is 7.50. The number of hydrogen-bond acceptors (Lipinski definition) is 5. The van der Waals surface area contributed by atoms with Gasteiger partial charge in [0.2, 0.25) is 0 Å². The predicted molar refractivity (Wildman–Crippen MR) is 104 cm³/mol. The Morgan fingerprint density at radius 2 is 1.88 bits per heavy atom. The van der Waals surface area contributed by atoms with Gasteiger partial charge in [0.15, 0.2) is 6.40 Å². The summed E-state index contributed by atoms with van der Waals surface area (Å²) >= 11 is 3.56. The highest BCUT2D eigenvalue weighted by Crippen LogP contribution is 2.41. The van der Waals surface area contributed by atoms with E-state index in [9.17, 15) is 8.42 Å². The van der Waals surface area contributed by atoms with Gasteiger partial charge in [-0.1, -0.05) is 51.8 Å². The molecule has 0 radical (unpaired) electrons. The Kier molecular flexibility index (Phi) is 5.50. The zero-order valence-electron chi connectivity index (χ0n) is 14.6. The van der Waals surface area contributed by atoms with Gasteiger partial charge in [0, 0.05) is 10.9 Å². The molecule has 0 aromatic heterocycles. The predicted octanol–water partition coefficient (Wildman–Crippen LogP) is 4.20. The molecule has 0 N–H and O–H groups in total. The fourth-order valence-electron chi connectivity index (χ4n) is 3.02. The van der Waals surface area contributed by atoms with Crippen molar-refractivity contribution in [3.63, 3.8) is 0 Å². The topological polar surface area (TPSA) is 65.0 Å². The first kappa shape index (κ1) is 19.1. The summed E-state index contributed by atoms with van der Waals surface area (Å²) in [5, 5.41) is 0. The largest absolute Gasteiger partial charge is 0.478 e. The van der Waals surface area contributed by atoms with Crippen LogP contribution >= 0.6 is 15.9 Å². The molecular weight excluding hydrogens is 418 g/mol. The molecule has 0 amide bonds. The summed E-state index contributed by atoms with van der Waals surface area (Å²) < 4.78 is 36.5. The van der Waals surface area contributed by atoms with Crippen LogP contribution in [0.5, 0.6) is 0 Å². The monoisotopic (exact) mass is 437 g/mol. The van der Waals surface area contributed by atoms with Crippen LogP contribution in [-0.4, -0.2) is 27.5 Å². The summed E-state index contributed by atoms with van der Waals surface area (Å²) in [6.07, 6.45) is 1.57. The Bertz CT molecular complexity index is 911. The van der Waals surface area contributed by atoms with Gasteiger partial charge in [0.05, 0.1) is 11.5 Å². The van der Waals surface area contributed by atoms with Crippen molar-refractivity contribution >= 4 is 32.4 Å². The molecule has 0 saturated heterocycles. The Morgan fingerprint density at radius 3 is 2.50 bits per heavy atom. The molecule has 2 aromatic carbocycles. The van der Waals surface area contributed by atoms with Crippen LogP contribution in [0.1, 0.15) is 24.5 Å². The highest BCUT2D eigenvalue weighted by atomic mass is 79.9. The third-order valence-corrected chi connectivity index (χ3v) is 6.61. The number of aliphatic imine (C=N–C) groups is 1. The normalized spacial score (nSPS) is 22.3. The van der Waals surface area contributed by atoms with Crippen LogP contribution in [0.25, 0.3) is 0 Å². The number of rotatable bonds is 6. The average molecular weight is 438 g/mol. The maximum atomic E-state index is 12.4. The van der Waals surface area contributed by atoms with E-state index in [1.807, 2.05) is 38.1 Å². The molecule has 1 aliphatic rings. The van der Waals surface area contributed by atoms with E-state index in [0.29, 0.717) is 6.42 Å². The zero-order chi connectivity index (χ0) is 18.8. The van der Waals surface area contributed by atoms with Crippen LogP contribution in [0.3, 0.4) is 0 Å². The van der Waals surface area contributed by atoms with Gasteiger partial charge in [0.1, 0.15) is 11.6 Å². The van der Waals surface area contributed by atoms with E-state index in [1.54, 1.807) is 24.3 Å². The SMILES string of the molecule is Cc1ccc(S(=O)(=O)OCCC2(c3ccccc3Br)N=COC2C)cc1. The molecule has 2 unspecified atom stereocenters. The second-order valence-electron chi connectivity index (χ2n) is 6.26. The zero-order valence-corrected chi connectivity index (χ0v) is 17.0. The number of halogens is 1. The van der Waals surface area contributed by atoms with Gasteiger partial charge in [-0.3, -0.25) is 4.18 Å². The summed E-state index contributed by atoms with van der Waals surface area (Å²) in [7, 11) is -3.81. The van der Waals surface area contributed by atoms with E-state index in [1.165, 1.54) is 6.40 Å². The first-order chi connectivity index (χ1) is 12.3. The van der Waals surface area contributed by atoms with Crippen molar-refractivity contribution in [3.8, 4) is 0 Å². The summed E-state index contributed by atoms with van der Waals surface area (Å²) in [6, 6.07) is 14.3. The van der Waals surface area contributed by atoms with E-state index >= 15 is 0 Å². The van der Waals surface area contributed by atoms with Gasteiger partial charge in [-0.25, -0.2) is 4.99 Å². The van der Waals surface area contributed by atoms with Crippen molar-refractivity contribution in [3.05, 3.63) is 64.1 Å². The van der Waals surface area contributed by atoms with Crippen LogP contribution in [0.4, 0.5) is 0 Å². The average Bonchev–Trinajstić information content (AvgIpc) is 2.97. The third kappa shape index (κ3) is 3.70. The summed E-state index contributed by atoms with van der Waals surface area (Å²) in [5.41, 5.74) is 1.24. The molecule has 0 fully saturated rings. The summed E-state index contributed by atoms with van der Waals surface area (Å²) in [5.74, 6) is 0. The standard InChI is InChI=1S/C19H20BrNO4S/c1-14-7-9-16(10-8-14)26(22,23)25-12-11-19(15(2)24-13-21-19)17-5-3-4-6-18(17)20/h3-10,13,15H,11-12H2,1-2H3. The number of benzene rings is 2. The minimum absolute atomic E-state index is 0.00256. The van der Waals surface area contributed by atoms with Gasteiger partial charge < -0.3 is 4.74 Å². The first-order valence-corrected chi connectivity index (χ1v) is 10.5. The molecule has 0 bridgehead atoms. The molecule has 2 aromatic rings. The number of aryl methyl sites for hydroxylation is 1. The van der Waals surface area contributed by atoms with Crippen LogP contribution in [-0.2, 0) is 24.6 Å². The minimum Gasteiger partial charge on any atom is -0.478 e.